The number of aromatic amines is 2. The fourth-order valence-corrected chi connectivity index (χ4v) is 11.0. The highest BCUT2D eigenvalue weighted by molar-refractivity contribution is 5.99. The number of carbonyl (C=O) groups excluding carboxylic acids is 5. The molecule has 35 heteroatoms. The van der Waals surface area contributed by atoms with Gasteiger partial charge in [0.1, 0.15) is 28.4 Å². The zero-order valence-corrected chi connectivity index (χ0v) is 63.4. The van der Waals surface area contributed by atoms with E-state index in [0.29, 0.717) is 18.8 Å². The van der Waals surface area contributed by atoms with Gasteiger partial charge in [-0.1, -0.05) is 34.5 Å². The van der Waals surface area contributed by atoms with Crippen molar-refractivity contribution in [2.45, 2.75) is 322 Å². The first kappa shape index (κ1) is 42.6. The fraction of sp³-hybridized carbons (Fsp3) is 0.688. The SMILES string of the molecule is [2H]C([2H])([2H])C(Nc1ncc(C(N)=O)c(NC2CCC([2H])(C)C([2H])(O)C2)n1)(C([2H])([2H])[2H])C([2H])([2H])[2H].[2H]C1(C)CCC(Nc2nc(NC(C)(C)C)ncc2C(N)=O)CC1([2H])O.[2H]C1(Nc2nc(NC(C([2H])([2H])[2H])(C([2H])([2H])[2H])C([2H])([2H])[2H])ncc2C(N)=O)CCC(C([2H])([2H])[2H])C([2H])(O)C1.[2H]c1nc(NC(C([2H])([2H])[2H])(C([2H])([2H])[2H])C([2H])([2H])[2H])[nH]c(=NC2([2H])CCC(C([2H])([2H])[2H])C([2H])(O)C2)c1C(N)=O.[2H]c1nc(NC(C([2H])([2H])[2H])(C([2H])([2H])[2H])C([2H])([2H])[2H])[nH]c(=NC2CCC([2H])(C)C([2H])(O)C2)c1C(N)=O. The lowest BCUT2D eigenvalue weighted by molar-refractivity contribution is 0.0702. The molecule has 5 aromatic rings. The van der Waals surface area contributed by atoms with Gasteiger partial charge >= 0.3 is 0 Å². The van der Waals surface area contributed by atoms with Crippen molar-refractivity contribution in [3.05, 3.63) is 69.7 Å². The second-order valence-electron chi connectivity index (χ2n) is 28.2. The van der Waals surface area contributed by atoms with Crippen molar-refractivity contribution < 1.29 is 124 Å². The molecule has 0 aromatic carbocycles. The Hall–Kier alpha value is -9.45. The number of aromatic nitrogens is 10. The molecule has 0 radical (unpaired) electrons. The van der Waals surface area contributed by atoms with Crippen LogP contribution >= 0.6 is 0 Å². The van der Waals surface area contributed by atoms with Crippen LogP contribution in [0.4, 0.5) is 47.2 Å². The van der Waals surface area contributed by atoms with Gasteiger partial charge in [0.05, 0.1) is 82.6 Å². The van der Waals surface area contributed by atoms with Crippen molar-refractivity contribution in [3.8, 4) is 0 Å². The molecular weight excluding hydrogens is 1470 g/mol. The topological polar surface area (TPSA) is 572 Å². The summed E-state index contributed by atoms with van der Waals surface area (Å²) in [7, 11) is 0. The molecule has 5 aliphatic rings. The van der Waals surface area contributed by atoms with Gasteiger partial charge in [0.2, 0.25) is 29.7 Å². The number of hydrogen-bond donors (Lipinski definition) is 20. The summed E-state index contributed by atoms with van der Waals surface area (Å²) < 4.78 is 420. The van der Waals surface area contributed by atoms with Gasteiger partial charge in [-0.25, -0.2) is 24.9 Å². The van der Waals surface area contributed by atoms with Crippen LogP contribution in [0.1, 0.15) is 360 Å². The van der Waals surface area contributed by atoms with E-state index in [4.69, 9.17) is 103 Å². The number of H-pyrrole nitrogens is 2. The molecule has 5 saturated carbocycles. The third kappa shape index (κ3) is 31.9. The van der Waals surface area contributed by atoms with Crippen molar-refractivity contribution >= 4 is 76.7 Å². The highest BCUT2D eigenvalue weighted by Crippen LogP contribution is 2.33. The monoisotopic (exact) mass is 1660 g/mol. The molecule has 0 aliphatic heterocycles. The van der Waals surface area contributed by atoms with Crippen molar-refractivity contribution in [1.29, 1.82) is 0 Å². The molecule has 0 bridgehead atoms. The summed E-state index contributed by atoms with van der Waals surface area (Å²) in [6, 6.07) is -5.96. The first-order valence-corrected chi connectivity index (χ1v) is 35.0. The lowest BCUT2D eigenvalue weighted by atomic mass is 9.85. The highest BCUT2D eigenvalue weighted by Gasteiger charge is 2.33. The average molecular weight is 1660 g/mol. The van der Waals surface area contributed by atoms with E-state index in [2.05, 4.69) is 81.1 Å². The highest BCUT2D eigenvalue weighted by atomic mass is 16.3. The van der Waals surface area contributed by atoms with Crippen LogP contribution in [0.3, 0.4) is 0 Å². The molecule has 5 amide bonds. The van der Waals surface area contributed by atoms with E-state index in [-0.39, 0.29) is 105 Å². The second-order valence-corrected chi connectivity index (χ2v) is 28.2. The van der Waals surface area contributed by atoms with Crippen molar-refractivity contribution in [3.63, 3.8) is 0 Å². The summed E-state index contributed by atoms with van der Waals surface area (Å²) in [5.74, 6) is -15.9. The van der Waals surface area contributed by atoms with E-state index < -0.39 is 314 Å². The third-order valence-electron chi connectivity index (χ3n) is 16.8. The minimum absolute atomic E-state index is 0.0528. The number of amides is 5. The summed E-state index contributed by atoms with van der Waals surface area (Å²) in [6.07, 6.45) is -12.1. The largest absolute Gasteiger partial charge is 0.393 e. The maximum atomic E-state index is 12.0. The first-order chi connectivity index (χ1) is 74.8. The molecule has 640 valence electrons. The van der Waals surface area contributed by atoms with E-state index in [9.17, 15) is 49.5 Å². The number of nitrogens with one attached hydrogen (secondary N) is 10. The number of carbonyl (C=O) groups is 5. The van der Waals surface area contributed by atoms with E-state index in [1.54, 1.807) is 6.92 Å². The van der Waals surface area contributed by atoms with Crippen LogP contribution in [0.15, 0.2) is 40.9 Å². The molecule has 5 fully saturated rings. The minimum Gasteiger partial charge on any atom is -0.393 e. The van der Waals surface area contributed by atoms with Crippen LogP contribution in [0.5, 0.6) is 0 Å². The number of aliphatic hydroxyl groups is 5. The fourth-order valence-electron chi connectivity index (χ4n) is 11.0. The molecular formula is C80H135N25O10. The second kappa shape index (κ2) is 40.9. The van der Waals surface area contributed by atoms with Gasteiger partial charge in [-0.3, -0.25) is 34.0 Å². The van der Waals surface area contributed by atoms with Crippen molar-refractivity contribution in [2.24, 2.45) is 68.2 Å². The molecule has 25 N–H and O–H groups in total. The Morgan fingerprint density at radius 3 is 1.14 bits per heavy atom. The predicted octanol–water partition coefficient (Wildman–Crippen LogP) is 7.58. The molecule has 15 atom stereocenters. The molecule has 5 aromatic heterocycles. The van der Waals surface area contributed by atoms with Gasteiger partial charge in [-0.2, -0.15) is 15.0 Å². The number of nitrogens with zero attached hydrogens (tertiary/aromatic N) is 10. The molecule has 5 aliphatic carbocycles. The zero-order valence-electron chi connectivity index (χ0n) is 117. The first-order valence-electron chi connectivity index (χ1n) is 62.0. The molecule has 0 spiro atoms. The number of rotatable bonds is 18. The average Bonchev–Trinajstić information content (AvgIpc) is 0.723. The standard InChI is InChI=1S/5C16H27N5O2/c5*1-9-5-6-10(7-12(9)22)19-14-11(13(17)23)8-18-15(20-14)21-16(2,3)4/h5*8-10,12,22H,5-7H2,1-4H3,(H2,17,23)(H2,18,19,20,21)/i1D3,2D3,3D3,4D3,8D,10D,12D;2D3,3D3,4D3,8D,9D,12D;1D3,2D3,3D3,4D3,10D,12D;2D3,3D3,4D3,9D,12D;9D,12D. The molecule has 0 saturated heterocycles. The molecule has 115 heavy (non-hydrogen) atoms. The van der Waals surface area contributed by atoms with Gasteiger partial charge in [0, 0.05) is 138 Å². The summed E-state index contributed by atoms with van der Waals surface area (Å²) >= 11 is 0. The number of primary amides is 5. The summed E-state index contributed by atoms with van der Waals surface area (Å²) in [5, 5.41) is 70.9. The van der Waals surface area contributed by atoms with Crippen molar-refractivity contribution in [1.82, 2.24) is 49.8 Å². The van der Waals surface area contributed by atoms with Crippen LogP contribution in [-0.2, 0) is 0 Å². The number of nitrogens with two attached hydrogens (primary N) is 5. The maximum Gasteiger partial charge on any atom is 0.254 e. The van der Waals surface area contributed by atoms with Gasteiger partial charge in [-0.15, -0.1) is 0 Å². The Labute approximate surface area is 752 Å². The molecule has 15 unspecified atom stereocenters. The smallest absolute Gasteiger partial charge is 0.254 e. The lowest BCUT2D eigenvalue weighted by Crippen LogP contribution is -2.36. The Balaban J connectivity index is 0.000000322. The quantitative estimate of drug-likeness (QED) is 0.0402. The van der Waals surface area contributed by atoms with E-state index >= 15 is 0 Å². The maximum absolute atomic E-state index is 12.0. The number of anilines is 8. The molecule has 10 rings (SSSR count). The van der Waals surface area contributed by atoms with E-state index in [0.717, 1.165) is 12.4 Å². The third-order valence-corrected chi connectivity index (χ3v) is 16.8. The van der Waals surface area contributed by atoms with E-state index in [1.807, 2.05) is 42.0 Å². The zero-order chi connectivity index (χ0) is 132. The summed E-state index contributed by atoms with van der Waals surface area (Å²) in [6.45, 7) is -38.8. The summed E-state index contributed by atoms with van der Waals surface area (Å²) in [5.41, 5.74) is 9.16. The van der Waals surface area contributed by atoms with Crippen LogP contribution in [0, 0.1) is 29.5 Å². The molecule has 5 heterocycles. The van der Waals surface area contributed by atoms with Gasteiger partial charge < -0.3 is 107 Å². The van der Waals surface area contributed by atoms with Gasteiger partial charge in [0.25, 0.3) is 29.5 Å². The normalized spacial score (nSPS) is 40.3. The predicted molar refractivity (Wildman–Crippen MR) is 449 cm³/mol. The molecule has 35 nitrogen and oxygen atoms in total. The van der Waals surface area contributed by atoms with Crippen LogP contribution < -0.4 is 82.2 Å². The lowest BCUT2D eigenvalue weighted by Gasteiger charge is -2.32. The Morgan fingerprint density at radius 2 is 0.783 bits per heavy atom. The summed E-state index contributed by atoms with van der Waals surface area (Å²) in [4.78, 5) is 103. The Morgan fingerprint density at radius 1 is 0.426 bits per heavy atom. The minimum atomic E-state index is -3.70. The van der Waals surface area contributed by atoms with Crippen LogP contribution in [0.25, 0.3) is 0 Å². The Bertz CT molecular complexity index is 6410. The van der Waals surface area contributed by atoms with Gasteiger partial charge in [0.15, 0.2) is 0 Å². The van der Waals surface area contributed by atoms with Gasteiger partial charge in [-0.05, 0) is 229 Å². The van der Waals surface area contributed by atoms with E-state index in [1.165, 1.54) is 20.0 Å². The van der Waals surface area contributed by atoms with Crippen LogP contribution in [0.2, 0.25) is 0 Å². The Kier molecular flexibility index (Phi) is 15.2. The number of hydrogen-bond acceptors (Lipinski definition) is 28. The van der Waals surface area contributed by atoms with Crippen LogP contribution in [-0.4, -0.2) is 193 Å². The van der Waals surface area contributed by atoms with Crippen molar-refractivity contribution in [2.75, 3.05) is 42.5 Å².